The van der Waals surface area contributed by atoms with Gasteiger partial charge in [0.05, 0.1) is 5.56 Å². The van der Waals surface area contributed by atoms with Gasteiger partial charge in [-0.25, -0.2) is 0 Å². The Bertz CT molecular complexity index is 1440. The fraction of sp³-hybridized carbons (Fsp3) is 0.364. The maximum Gasteiger partial charge on any atom is 0.416 e. The van der Waals surface area contributed by atoms with Crippen LogP contribution in [-0.4, -0.2) is 33.0 Å². The summed E-state index contributed by atoms with van der Waals surface area (Å²) in [4.78, 5) is 22.9. The quantitative estimate of drug-likeness (QED) is 0.165. The van der Waals surface area contributed by atoms with Crippen LogP contribution in [0.4, 0.5) is 24.9 Å². The first-order chi connectivity index (χ1) is 20.8. The number of carbonyl (C=O) groups excluding carboxylic acids is 1. The van der Waals surface area contributed by atoms with Crippen LogP contribution < -0.4 is 16.0 Å². The summed E-state index contributed by atoms with van der Waals surface area (Å²) in [5.74, 6) is 1.81. The Morgan fingerprint density at radius 3 is 2.33 bits per heavy atom. The Morgan fingerprint density at radius 1 is 0.907 bits per heavy atom. The molecule has 43 heavy (non-hydrogen) atoms. The number of carbonyl (C=O) groups is 1. The molecule has 1 aliphatic rings. The average Bonchev–Trinajstić information content (AvgIpc) is 3.56. The number of hydrogen-bond donors (Lipinski definition) is 3. The lowest BCUT2D eigenvalue weighted by Gasteiger charge is -2.27. The molecule has 1 saturated carbocycles. The summed E-state index contributed by atoms with van der Waals surface area (Å²) in [6, 6.07) is 20.1. The van der Waals surface area contributed by atoms with Gasteiger partial charge in [0.15, 0.2) is 0 Å². The second kappa shape index (κ2) is 14.2. The van der Waals surface area contributed by atoms with Crippen LogP contribution in [0, 0.1) is 5.92 Å². The first-order valence-corrected chi connectivity index (χ1v) is 14.8. The first kappa shape index (κ1) is 30.1. The van der Waals surface area contributed by atoms with Gasteiger partial charge < -0.3 is 20.5 Å². The van der Waals surface area contributed by atoms with Crippen LogP contribution >= 0.6 is 0 Å². The highest BCUT2D eigenvalue weighted by atomic mass is 19.4. The van der Waals surface area contributed by atoms with Crippen molar-refractivity contribution in [3.8, 4) is 5.82 Å². The zero-order valence-electron chi connectivity index (χ0n) is 24.0. The maximum absolute atomic E-state index is 13.5. The van der Waals surface area contributed by atoms with Gasteiger partial charge >= 0.3 is 6.18 Å². The van der Waals surface area contributed by atoms with Gasteiger partial charge in [-0.3, -0.25) is 4.79 Å². The van der Waals surface area contributed by atoms with E-state index in [2.05, 4.69) is 28.1 Å². The predicted octanol–water partition coefficient (Wildman–Crippen LogP) is 7.01. The van der Waals surface area contributed by atoms with Crippen LogP contribution in [-0.2, 0) is 23.9 Å². The van der Waals surface area contributed by atoms with E-state index in [1.54, 1.807) is 0 Å². The van der Waals surface area contributed by atoms with Crippen molar-refractivity contribution in [2.24, 2.45) is 5.92 Å². The van der Waals surface area contributed by atoms with Crippen molar-refractivity contribution in [3.63, 3.8) is 0 Å². The van der Waals surface area contributed by atoms with Crippen LogP contribution in [0.25, 0.3) is 5.82 Å². The number of anilines is 2. The summed E-state index contributed by atoms with van der Waals surface area (Å²) in [7, 11) is 0. The number of alkyl halides is 3. The van der Waals surface area contributed by atoms with Crippen molar-refractivity contribution < 1.29 is 18.0 Å². The lowest BCUT2D eigenvalue weighted by molar-refractivity contribution is -0.137. The highest BCUT2D eigenvalue weighted by molar-refractivity contribution is 5.84. The Hall–Kier alpha value is -4.34. The largest absolute Gasteiger partial charge is 0.416 e. The molecule has 10 heteroatoms. The number of halogens is 3. The third kappa shape index (κ3) is 8.83. The zero-order valence-corrected chi connectivity index (χ0v) is 24.0. The van der Waals surface area contributed by atoms with Crippen molar-refractivity contribution in [1.82, 2.24) is 19.9 Å². The van der Waals surface area contributed by atoms with Crippen LogP contribution in [0.15, 0.2) is 85.2 Å². The Labute approximate surface area is 250 Å². The van der Waals surface area contributed by atoms with Gasteiger partial charge in [0.1, 0.15) is 17.7 Å². The molecule has 1 fully saturated rings. The Kier molecular flexibility index (Phi) is 9.96. The molecule has 1 amide bonds. The van der Waals surface area contributed by atoms with Crippen LogP contribution in [0.5, 0.6) is 0 Å². The molecule has 2 aromatic carbocycles. The van der Waals surface area contributed by atoms with Crippen molar-refractivity contribution in [2.75, 3.05) is 17.2 Å². The molecule has 0 saturated heterocycles. The molecule has 0 radical (unpaired) electrons. The molecule has 2 heterocycles. The van der Waals surface area contributed by atoms with E-state index in [1.807, 2.05) is 53.4 Å². The summed E-state index contributed by atoms with van der Waals surface area (Å²) >= 11 is 0. The van der Waals surface area contributed by atoms with Crippen molar-refractivity contribution >= 4 is 17.7 Å². The fourth-order valence-electron chi connectivity index (χ4n) is 5.46. The summed E-state index contributed by atoms with van der Waals surface area (Å²) in [6.07, 6.45) is 6.46. The number of aromatic nitrogens is 3. The summed E-state index contributed by atoms with van der Waals surface area (Å²) < 4.78 is 40.8. The lowest BCUT2D eigenvalue weighted by atomic mass is 9.84. The lowest BCUT2D eigenvalue weighted by Crippen LogP contribution is -2.41. The van der Waals surface area contributed by atoms with Gasteiger partial charge in [-0.1, -0.05) is 74.6 Å². The Balaban J connectivity index is 1.32. The van der Waals surface area contributed by atoms with Gasteiger partial charge in [-0.15, -0.1) is 0 Å². The number of hydrogen-bond acceptors (Lipinski definition) is 5. The molecular formula is C33H37F3N6O. The molecule has 0 unspecified atom stereocenters. The highest BCUT2D eigenvalue weighted by Gasteiger charge is 2.30. The molecule has 1 atom stereocenters. The van der Waals surface area contributed by atoms with Crippen molar-refractivity contribution in [1.29, 1.82) is 0 Å². The van der Waals surface area contributed by atoms with E-state index in [9.17, 15) is 18.0 Å². The van der Waals surface area contributed by atoms with Gasteiger partial charge in [0, 0.05) is 31.5 Å². The minimum absolute atomic E-state index is 0.129. The number of nitrogens with zero attached hydrogens (tertiary/aromatic N) is 3. The molecule has 4 aromatic rings. The topological polar surface area (TPSA) is 83.9 Å². The van der Waals surface area contributed by atoms with Gasteiger partial charge in [0.2, 0.25) is 11.9 Å². The van der Waals surface area contributed by atoms with Crippen LogP contribution in [0.1, 0.15) is 55.2 Å². The zero-order chi connectivity index (χ0) is 30.1. The van der Waals surface area contributed by atoms with Gasteiger partial charge in [-0.05, 0) is 54.2 Å². The molecule has 1 aliphatic carbocycles. The van der Waals surface area contributed by atoms with E-state index >= 15 is 0 Å². The SMILES string of the molecule is O=C(NCc1ccc(C(F)(F)F)cc1)[C@@H](CC1CCCCC1)Nc1cc(-n2cccc2)nc(NCCc2ccccc2)n1. The summed E-state index contributed by atoms with van der Waals surface area (Å²) in [6.45, 7) is 0.766. The second-order valence-electron chi connectivity index (χ2n) is 11.0. The van der Waals surface area contributed by atoms with Crippen molar-refractivity contribution in [2.45, 2.75) is 63.7 Å². The molecule has 7 nitrogen and oxygen atoms in total. The smallest absolute Gasteiger partial charge is 0.358 e. The predicted molar refractivity (Wildman–Crippen MR) is 162 cm³/mol. The molecule has 2 aromatic heterocycles. The standard InChI is InChI=1S/C33H37F3N6O/c34-33(35,36)27-15-13-26(14-16-27)23-38-31(43)28(21-25-11-5-2-6-12-25)39-29-22-30(42-19-7-8-20-42)41-32(40-29)37-18-17-24-9-3-1-4-10-24/h1,3-4,7-10,13-16,19-20,22,25,28H,2,5-6,11-12,17-18,21,23H2,(H,38,43)(H2,37,39,40,41)/t28-/m1/s1. The molecule has 5 rings (SSSR count). The maximum atomic E-state index is 13.5. The molecule has 0 bridgehead atoms. The van der Waals surface area contributed by atoms with E-state index in [-0.39, 0.29) is 12.5 Å². The molecule has 0 spiro atoms. The molecule has 3 N–H and O–H groups in total. The molecular weight excluding hydrogens is 553 g/mol. The summed E-state index contributed by atoms with van der Waals surface area (Å²) in [5.41, 5.74) is 1.08. The number of amides is 1. The summed E-state index contributed by atoms with van der Waals surface area (Å²) in [5, 5.41) is 9.63. The van der Waals surface area contributed by atoms with Gasteiger partial charge in [0.25, 0.3) is 0 Å². The van der Waals surface area contributed by atoms with Gasteiger partial charge in [-0.2, -0.15) is 23.1 Å². The minimum atomic E-state index is -4.40. The number of benzene rings is 2. The van der Waals surface area contributed by atoms with E-state index in [4.69, 9.17) is 9.97 Å². The molecule has 0 aliphatic heterocycles. The second-order valence-corrected chi connectivity index (χ2v) is 11.0. The van der Waals surface area contributed by atoms with E-state index in [0.717, 1.165) is 44.2 Å². The van der Waals surface area contributed by atoms with Crippen LogP contribution in [0.2, 0.25) is 0 Å². The highest BCUT2D eigenvalue weighted by Crippen LogP contribution is 2.30. The normalized spacial score (nSPS) is 14.7. The third-order valence-corrected chi connectivity index (χ3v) is 7.80. The van der Waals surface area contributed by atoms with E-state index < -0.39 is 17.8 Å². The van der Waals surface area contributed by atoms with E-state index in [0.29, 0.717) is 42.0 Å². The van der Waals surface area contributed by atoms with Crippen LogP contribution in [0.3, 0.4) is 0 Å². The molecule has 226 valence electrons. The number of nitrogens with one attached hydrogen (secondary N) is 3. The third-order valence-electron chi connectivity index (χ3n) is 7.80. The van der Waals surface area contributed by atoms with E-state index in [1.165, 1.54) is 24.1 Å². The average molecular weight is 591 g/mol. The Morgan fingerprint density at radius 2 is 1.63 bits per heavy atom. The monoisotopic (exact) mass is 590 g/mol. The number of rotatable bonds is 12. The fourth-order valence-corrected chi connectivity index (χ4v) is 5.46. The first-order valence-electron chi connectivity index (χ1n) is 14.8. The van der Waals surface area contributed by atoms with Crippen molar-refractivity contribution in [3.05, 3.63) is 102 Å². The minimum Gasteiger partial charge on any atom is -0.358 e.